The van der Waals surface area contributed by atoms with Crippen LogP contribution in [0.2, 0.25) is 0 Å². The number of nitrogens with zero attached hydrogens (tertiary/aromatic N) is 2. The summed E-state index contributed by atoms with van der Waals surface area (Å²) in [6, 6.07) is 31.9. The van der Waals surface area contributed by atoms with Crippen molar-refractivity contribution in [3.63, 3.8) is 0 Å². The van der Waals surface area contributed by atoms with Gasteiger partial charge in [-0.15, -0.1) is 0 Å². The molecule has 0 spiro atoms. The largest absolute Gasteiger partial charge is 0.269 e. The molecule has 31 heavy (non-hydrogen) atoms. The van der Waals surface area contributed by atoms with Crippen LogP contribution >= 0.6 is 11.8 Å². The van der Waals surface area contributed by atoms with E-state index in [0.29, 0.717) is 0 Å². The Morgan fingerprint density at radius 2 is 1.35 bits per heavy atom. The second-order valence-electron chi connectivity index (χ2n) is 7.31. The molecule has 4 nitrogen and oxygen atoms in total. The molecule has 0 aliphatic carbocycles. The molecule has 1 heterocycles. The van der Waals surface area contributed by atoms with Crippen LogP contribution in [0.1, 0.15) is 28.2 Å². The van der Waals surface area contributed by atoms with Gasteiger partial charge < -0.3 is 0 Å². The highest BCUT2D eigenvalue weighted by Crippen LogP contribution is 2.48. The average Bonchev–Trinajstić information content (AvgIpc) is 2.82. The summed E-state index contributed by atoms with van der Waals surface area (Å²) >= 11 is 1.83. The van der Waals surface area contributed by atoms with Crippen molar-refractivity contribution in [3.8, 4) is 0 Å². The van der Waals surface area contributed by atoms with Crippen LogP contribution in [0.4, 0.5) is 11.4 Å². The van der Waals surface area contributed by atoms with Crippen LogP contribution in [-0.4, -0.2) is 11.1 Å². The molecule has 0 aromatic heterocycles. The SMILES string of the molecule is O=[N+]([O-])c1ccc(C=Nc2ccc(C3c4ccccc4Sc4ccccc43)cc2)cc1. The van der Waals surface area contributed by atoms with Crippen molar-refractivity contribution >= 4 is 29.4 Å². The summed E-state index contributed by atoms with van der Waals surface area (Å²) in [6.45, 7) is 0. The van der Waals surface area contributed by atoms with Crippen molar-refractivity contribution in [1.82, 2.24) is 0 Å². The second-order valence-corrected chi connectivity index (χ2v) is 8.39. The molecular formula is C26H18N2O2S. The summed E-state index contributed by atoms with van der Waals surface area (Å²) in [7, 11) is 0. The Morgan fingerprint density at radius 3 is 1.94 bits per heavy atom. The van der Waals surface area contributed by atoms with Gasteiger partial charge in [0, 0.05) is 34.1 Å². The Labute approximate surface area is 184 Å². The Kier molecular flexibility index (Phi) is 5.10. The third kappa shape index (κ3) is 3.88. The third-order valence-corrected chi connectivity index (χ3v) is 6.56. The molecule has 5 rings (SSSR count). The number of hydrogen-bond donors (Lipinski definition) is 0. The fourth-order valence-electron chi connectivity index (χ4n) is 3.85. The molecule has 0 saturated carbocycles. The summed E-state index contributed by atoms with van der Waals surface area (Å²) in [5, 5.41) is 10.8. The molecule has 0 unspecified atom stereocenters. The number of benzene rings is 4. The van der Waals surface area contributed by atoms with Crippen LogP contribution in [0.3, 0.4) is 0 Å². The Morgan fingerprint density at radius 1 is 0.774 bits per heavy atom. The van der Waals surface area contributed by atoms with Gasteiger partial charge in [0.1, 0.15) is 0 Å². The first-order chi connectivity index (χ1) is 15.2. The molecular weight excluding hydrogens is 404 g/mol. The van der Waals surface area contributed by atoms with Gasteiger partial charge in [0.25, 0.3) is 5.69 Å². The molecule has 1 aliphatic heterocycles. The number of nitro groups is 1. The first kappa shape index (κ1) is 19.3. The minimum atomic E-state index is -0.403. The number of hydrogen-bond acceptors (Lipinski definition) is 4. The van der Waals surface area contributed by atoms with E-state index in [4.69, 9.17) is 0 Å². The van der Waals surface area contributed by atoms with Crippen molar-refractivity contribution in [1.29, 1.82) is 0 Å². The van der Waals surface area contributed by atoms with E-state index in [2.05, 4.69) is 65.7 Å². The van der Waals surface area contributed by atoms with Gasteiger partial charge in [-0.1, -0.05) is 60.3 Å². The predicted molar refractivity (Wildman–Crippen MR) is 125 cm³/mol. The molecule has 150 valence electrons. The van der Waals surface area contributed by atoms with Gasteiger partial charge in [-0.25, -0.2) is 0 Å². The first-order valence-electron chi connectivity index (χ1n) is 9.93. The fourth-order valence-corrected chi connectivity index (χ4v) is 4.99. The maximum absolute atomic E-state index is 10.8. The van der Waals surface area contributed by atoms with Crippen molar-refractivity contribution in [3.05, 3.63) is 129 Å². The number of fused-ring (bicyclic) bond motifs is 2. The van der Waals surface area contributed by atoms with Crippen molar-refractivity contribution in [2.45, 2.75) is 15.7 Å². The minimum absolute atomic E-state index is 0.0766. The van der Waals surface area contributed by atoms with Gasteiger partial charge in [-0.2, -0.15) is 0 Å². The number of nitro benzene ring substituents is 1. The van der Waals surface area contributed by atoms with Crippen LogP contribution < -0.4 is 0 Å². The van der Waals surface area contributed by atoms with Gasteiger partial charge in [-0.3, -0.25) is 15.1 Å². The third-order valence-electron chi connectivity index (χ3n) is 5.37. The normalized spacial score (nSPS) is 13.0. The van der Waals surface area contributed by atoms with E-state index < -0.39 is 4.92 Å². The maximum Gasteiger partial charge on any atom is 0.269 e. The van der Waals surface area contributed by atoms with E-state index in [1.54, 1.807) is 18.3 Å². The molecule has 0 amide bonds. The highest BCUT2D eigenvalue weighted by molar-refractivity contribution is 7.99. The lowest BCUT2D eigenvalue weighted by Gasteiger charge is -2.28. The maximum atomic E-state index is 10.8. The lowest BCUT2D eigenvalue weighted by Crippen LogP contribution is -2.09. The summed E-state index contributed by atoms with van der Waals surface area (Å²) in [6.07, 6.45) is 1.72. The molecule has 0 saturated heterocycles. The predicted octanol–water partition coefficient (Wildman–Crippen LogP) is 6.99. The summed E-state index contributed by atoms with van der Waals surface area (Å²) in [5.74, 6) is 0.196. The van der Waals surface area contributed by atoms with Crippen LogP contribution in [0, 0.1) is 10.1 Å². The first-order valence-corrected chi connectivity index (χ1v) is 10.7. The molecule has 0 atom stereocenters. The van der Waals surface area contributed by atoms with Gasteiger partial charge >= 0.3 is 0 Å². The highest BCUT2D eigenvalue weighted by Gasteiger charge is 2.26. The van der Waals surface area contributed by atoms with Gasteiger partial charge in [-0.05, 0) is 58.7 Å². The lowest BCUT2D eigenvalue weighted by atomic mass is 9.84. The lowest BCUT2D eigenvalue weighted by molar-refractivity contribution is -0.384. The van der Waals surface area contributed by atoms with Crippen molar-refractivity contribution in [2.24, 2.45) is 4.99 Å². The standard InChI is InChI=1S/C26H18N2O2S/c29-28(30)21-15-9-18(10-16-21)17-27-20-13-11-19(12-14-20)26-22-5-1-3-7-24(22)31-25-8-4-2-6-23(25)26/h1-17,26H. The molecule has 4 aromatic carbocycles. The molecule has 5 heteroatoms. The van der Waals surface area contributed by atoms with Crippen LogP contribution in [0.5, 0.6) is 0 Å². The van der Waals surface area contributed by atoms with Gasteiger partial charge in [0.15, 0.2) is 0 Å². The molecule has 1 aliphatic rings. The van der Waals surface area contributed by atoms with Crippen molar-refractivity contribution in [2.75, 3.05) is 0 Å². The van der Waals surface area contributed by atoms with E-state index in [0.717, 1.165) is 11.3 Å². The topological polar surface area (TPSA) is 55.5 Å². The number of rotatable bonds is 4. The Balaban J connectivity index is 1.44. The zero-order valence-corrected chi connectivity index (χ0v) is 17.3. The van der Waals surface area contributed by atoms with Crippen LogP contribution in [0.15, 0.2) is 112 Å². The van der Waals surface area contributed by atoms with Gasteiger partial charge in [0.05, 0.1) is 10.6 Å². The van der Waals surface area contributed by atoms with E-state index in [-0.39, 0.29) is 11.6 Å². The molecule has 0 bridgehead atoms. The molecule has 4 aromatic rings. The van der Waals surface area contributed by atoms with Crippen molar-refractivity contribution < 1.29 is 4.92 Å². The average molecular weight is 423 g/mol. The van der Waals surface area contributed by atoms with E-state index in [1.165, 1.54) is 38.6 Å². The smallest absolute Gasteiger partial charge is 0.258 e. The zero-order valence-electron chi connectivity index (χ0n) is 16.5. The summed E-state index contributed by atoms with van der Waals surface area (Å²) in [4.78, 5) is 17.5. The minimum Gasteiger partial charge on any atom is -0.258 e. The highest BCUT2D eigenvalue weighted by atomic mass is 32.2. The van der Waals surface area contributed by atoms with E-state index >= 15 is 0 Å². The zero-order chi connectivity index (χ0) is 21.2. The number of non-ortho nitro benzene ring substituents is 1. The molecule has 0 radical (unpaired) electrons. The fraction of sp³-hybridized carbons (Fsp3) is 0.0385. The van der Waals surface area contributed by atoms with Crippen LogP contribution in [-0.2, 0) is 0 Å². The van der Waals surface area contributed by atoms with Gasteiger partial charge in [0.2, 0.25) is 0 Å². The van der Waals surface area contributed by atoms with E-state index in [9.17, 15) is 10.1 Å². The molecule has 0 fully saturated rings. The Bertz CT molecular complexity index is 1240. The van der Waals surface area contributed by atoms with Crippen LogP contribution in [0.25, 0.3) is 0 Å². The molecule has 0 N–H and O–H groups in total. The van der Waals surface area contributed by atoms with E-state index in [1.807, 2.05) is 23.9 Å². The quantitative estimate of drug-likeness (QED) is 0.178. The number of aliphatic imine (C=N–C) groups is 1. The second kappa shape index (κ2) is 8.20. The summed E-state index contributed by atoms with van der Waals surface area (Å²) in [5.41, 5.74) is 5.62. The Hall–Kier alpha value is -3.70. The monoisotopic (exact) mass is 422 g/mol. The summed E-state index contributed by atoms with van der Waals surface area (Å²) < 4.78 is 0.